The van der Waals surface area contributed by atoms with Crippen molar-refractivity contribution in [3.63, 3.8) is 0 Å². The summed E-state index contributed by atoms with van der Waals surface area (Å²) in [6.07, 6.45) is 3.87. The van der Waals surface area contributed by atoms with E-state index in [1.54, 1.807) is 11.3 Å². The molecular formula is C15H26N4OS. The average Bonchev–Trinajstić information content (AvgIpc) is 3.15. The first-order valence-corrected chi connectivity index (χ1v) is 8.92. The topological polar surface area (TPSA) is 59.1 Å². The van der Waals surface area contributed by atoms with Crippen LogP contribution < -0.4 is 10.6 Å². The summed E-state index contributed by atoms with van der Waals surface area (Å²) in [5.74, 6) is 1.15. The van der Waals surface area contributed by atoms with E-state index in [2.05, 4.69) is 34.7 Å². The highest BCUT2D eigenvalue weighted by molar-refractivity contribution is 7.11. The van der Waals surface area contributed by atoms with Crippen molar-refractivity contribution < 1.29 is 4.74 Å². The van der Waals surface area contributed by atoms with Crippen LogP contribution >= 0.6 is 11.3 Å². The van der Waals surface area contributed by atoms with Gasteiger partial charge in [0, 0.05) is 31.1 Å². The van der Waals surface area contributed by atoms with Gasteiger partial charge in [-0.1, -0.05) is 31.6 Å². The molecule has 3 unspecified atom stereocenters. The van der Waals surface area contributed by atoms with E-state index in [0.29, 0.717) is 23.9 Å². The molecule has 0 aromatic carbocycles. The molecule has 0 amide bonds. The van der Waals surface area contributed by atoms with Gasteiger partial charge in [-0.05, 0) is 18.8 Å². The molecule has 2 heterocycles. The number of ether oxygens (including phenoxy) is 1. The Kier molecular flexibility index (Phi) is 5.21. The fourth-order valence-corrected chi connectivity index (χ4v) is 4.17. The van der Waals surface area contributed by atoms with Crippen LogP contribution in [-0.2, 0) is 11.3 Å². The smallest absolute Gasteiger partial charge is 0.131 e. The monoisotopic (exact) mass is 310 g/mol. The molecule has 2 aliphatic rings. The zero-order valence-corrected chi connectivity index (χ0v) is 13.8. The number of hydrogen-bond acceptors (Lipinski definition) is 6. The highest BCUT2D eigenvalue weighted by atomic mass is 32.1. The van der Waals surface area contributed by atoms with E-state index in [4.69, 9.17) is 4.74 Å². The van der Waals surface area contributed by atoms with E-state index < -0.39 is 0 Å². The second-order valence-corrected chi connectivity index (χ2v) is 7.50. The van der Waals surface area contributed by atoms with Gasteiger partial charge in [0.2, 0.25) is 0 Å². The van der Waals surface area contributed by atoms with Crippen LogP contribution in [0, 0.1) is 5.92 Å². The Morgan fingerprint density at radius 3 is 3.00 bits per heavy atom. The van der Waals surface area contributed by atoms with Gasteiger partial charge in [0.25, 0.3) is 0 Å². The van der Waals surface area contributed by atoms with Crippen LogP contribution in [-0.4, -0.2) is 42.0 Å². The number of morpholine rings is 1. The molecule has 1 aliphatic heterocycles. The minimum atomic E-state index is 0.471. The predicted molar refractivity (Wildman–Crippen MR) is 84.6 cm³/mol. The molecule has 1 saturated carbocycles. The zero-order chi connectivity index (χ0) is 14.7. The first kappa shape index (κ1) is 15.3. The molecule has 5 nitrogen and oxygen atoms in total. The molecule has 2 N–H and O–H groups in total. The second kappa shape index (κ2) is 7.13. The molecule has 1 aromatic rings. The summed E-state index contributed by atoms with van der Waals surface area (Å²) in [5, 5.41) is 18.1. The maximum Gasteiger partial charge on any atom is 0.131 e. The van der Waals surface area contributed by atoms with Crippen LogP contribution in [0.2, 0.25) is 0 Å². The van der Waals surface area contributed by atoms with Gasteiger partial charge in [-0.2, -0.15) is 0 Å². The Morgan fingerprint density at radius 1 is 1.38 bits per heavy atom. The maximum absolute atomic E-state index is 5.62. The van der Waals surface area contributed by atoms with Crippen molar-refractivity contribution in [3.8, 4) is 0 Å². The van der Waals surface area contributed by atoms with E-state index in [0.717, 1.165) is 36.3 Å². The fourth-order valence-electron chi connectivity index (χ4n) is 3.37. The Bertz CT molecular complexity index is 445. The lowest BCUT2D eigenvalue weighted by Gasteiger charge is -2.32. The van der Waals surface area contributed by atoms with Crippen LogP contribution in [0.25, 0.3) is 0 Å². The molecule has 0 spiro atoms. The molecule has 118 valence electrons. The molecule has 21 heavy (non-hydrogen) atoms. The molecule has 1 saturated heterocycles. The zero-order valence-electron chi connectivity index (χ0n) is 13.0. The Labute approximate surface area is 130 Å². The molecule has 1 aliphatic carbocycles. The second-order valence-electron chi connectivity index (χ2n) is 6.41. The summed E-state index contributed by atoms with van der Waals surface area (Å²) in [4.78, 5) is 0. The van der Waals surface area contributed by atoms with Crippen LogP contribution in [0.15, 0.2) is 0 Å². The summed E-state index contributed by atoms with van der Waals surface area (Å²) in [6, 6.07) is 1.09. The molecule has 2 fully saturated rings. The Balaban J connectivity index is 1.53. The lowest BCUT2D eigenvalue weighted by molar-refractivity contribution is 0.0524. The van der Waals surface area contributed by atoms with Gasteiger partial charge in [0.15, 0.2) is 0 Å². The van der Waals surface area contributed by atoms with Crippen LogP contribution in [0.3, 0.4) is 0 Å². The third-order valence-electron chi connectivity index (χ3n) is 4.53. The highest BCUT2D eigenvalue weighted by Gasteiger charge is 2.34. The lowest BCUT2D eigenvalue weighted by atomic mass is 9.94. The van der Waals surface area contributed by atoms with Gasteiger partial charge in [-0.3, -0.25) is 0 Å². The summed E-state index contributed by atoms with van der Waals surface area (Å²) in [6.45, 7) is 7.88. The standard InChI is InChI=1S/C15H26N4OS/c1-10(2)15-19-18-14(21-15)8-17-12-5-3-4-11(12)13-9-20-7-6-16-13/h10-13,16-17H,3-9H2,1-2H3. The molecule has 0 bridgehead atoms. The van der Waals surface area contributed by atoms with E-state index in [-0.39, 0.29) is 0 Å². The summed E-state index contributed by atoms with van der Waals surface area (Å²) < 4.78 is 5.62. The summed E-state index contributed by atoms with van der Waals surface area (Å²) in [5.41, 5.74) is 0. The number of aromatic nitrogens is 2. The van der Waals surface area contributed by atoms with Crippen molar-refractivity contribution >= 4 is 11.3 Å². The van der Waals surface area contributed by atoms with Crippen molar-refractivity contribution in [3.05, 3.63) is 10.0 Å². The van der Waals surface area contributed by atoms with E-state index in [1.165, 1.54) is 19.3 Å². The van der Waals surface area contributed by atoms with Crippen molar-refractivity contribution in [2.24, 2.45) is 5.92 Å². The van der Waals surface area contributed by atoms with Crippen LogP contribution in [0.1, 0.15) is 49.0 Å². The summed E-state index contributed by atoms with van der Waals surface area (Å²) in [7, 11) is 0. The quantitative estimate of drug-likeness (QED) is 0.870. The van der Waals surface area contributed by atoms with Crippen molar-refractivity contribution in [2.75, 3.05) is 19.8 Å². The predicted octanol–water partition coefficient (Wildman–Crippen LogP) is 1.91. The van der Waals surface area contributed by atoms with E-state index >= 15 is 0 Å². The van der Waals surface area contributed by atoms with Gasteiger partial charge in [-0.25, -0.2) is 0 Å². The number of hydrogen-bond donors (Lipinski definition) is 2. The average molecular weight is 310 g/mol. The minimum absolute atomic E-state index is 0.471. The molecule has 1 aromatic heterocycles. The molecule has 6 heteroatoms. The van der Waals surface area contributed by atoms with E-state index in [9.17, 15) is 0 Å². The van der Waals surface area contributed by atoms with Gasteiger partial charge >= 0.3 is 0 Å². The number of nitrogens with zero attached hydrogens (tertiary/aromatic N) is 2. The first-order valence-electron chi connectivity index (χ1n) is 8.11. The number of rotatable bonds is 5. The van der Waals surface area contributed by atoms with E-state index in [1.807, 2.05) is 0 Å². The van der Waals surface area contributed by atoms with Gasteiger partial charge in [0.05, 0.1) is 13.2 Å². The van der Waals surface area contributed by atoms with Crippen LogP contribution in [0.5, 0.6) is 0 Å². The largest absolute Gasteiger partial charge is 0.379 e. The van der Waals surface area contributed by atoms with Crippen LogP contribution in [0.4, 0.5) is 0 Å². The Morgan fingerprint density at radius 2 is 2.29 bits per heavy atom. The third-order valence-corrected chi connectivity index (χ3v) is 5.75. The molecular weight excluding hydrogens is 284 g/mol. The maximum atomic E-state index is 5.62. The molecule has 3 rings (SSSR count). The molecule has 3 atom stereocenters. The SMILES string of the molecule is CC(C)c1nnc(CNC2CCCC2C2COCCN2)s1. The van der Waals surface area contributed by atoms with Gasteiger partial charge < -0.3 is 15.4 Å². The minimum Gasteiger partial charge on any atom is -0.379 e. The van der Waals surface area contributed by atoms with Crippen molar-refractivity contribution in [1.29, 1.82) is 0 Å². The fraction of sp³-hybridized carbons (Fsp3) is 0.867. The summed E-state index contributed by atoms with van der Waals surface area (Å²) >= 11 is 1.74. The molecule has 0 radical (unpaired) electrons. The van der Waals surface area contributed by atoms with Crippen molar-refractivity contribution in [1.82, 2.24) is 20.8 Å². The Hall–Kier alpha value is -0.560. The van der Waals surface area contributed by atoms with Gasteiger partial charge in [0.1, 0.15) is 10.0 Å². The highest BCUT2D eigenvalue weighted by Crippen LogP contribution is 2.30. The third kappa shape index (κ3) is 3.80. The first-order chi connectivity index (χ1) is 10.2. The lowest BCUT2D eigenvalue weighted by Crippen LogP contribution is -2.50. The van der Waals surface area contributed by atoms with Crippen molar-refractivity contribution in [2.45, 2.75) is 57.7 Å². The normalized spacial score (nSPS) is 30.1. The number of nitrogens with one attached hydrogen (secondary N) is 2. The van der Waals surface area contributed by atoms with Gasteiger partial charge in [-0.15, -0.1) is 10.2 Å².